The highest BCUT2D eigenvalue weighted by atomic mass is 79.9. The van der Waals surface area contributed by atoms with Crippen LogP contribution in [-0.2, 0) is 11.8 Å². The number of hydrogen-bond donors (Lipinski definition) is 0. The molecule has 0 aliphatic rings. The van der Waals surface area contributed by atoms with Crippen molar-refractivity contribution in [3.8, 4) is 11.5 Å². The van der Waals surface area contributed by atoms with Crippen molar-refractivity contribution in [2.24, 2.45) is 0 Å². The van der Waals surface area contributed by atoms with Crippen LogP contribution in [0.5, 0.6) is 11.5 Å². The highest BCUT2D eigenvalue weighted by Crippen LogP contribution is 2.32. The lowest BCUT2D eigenvalue weighted by atomic mass is 10.2. The highest BCUT2D eigenvalue weighted by molar-refractivity contribution is 9.08. The third kappa shape index (κ3) is 3.70. The monoisotopic (exact) mass is 321 g/mol. The Labute approximate surface area is 121 Å². The van der Waals surface area contributed by atoms with Crippen LogP contribution in [0, 0.1) is 0 Å². The normalized spacial score (nSPS) is 10.2. The Bertz CT molecular complexity index is 495. The zero-order valence-electron chi connectivity index (χ0n) is 10.8. The lowest BCUT2D eigenvalue weighted by Gasteiger charge is -2.13. The van der Waals surface area contributed by atoms with Crippen molar-refractivity contribution >= 4 is 15.9 Å². The second-order valence-corrected chi connectivity index (χ2v) is 4.60. The topological polar surface area (TPSA) is 31.4 Å². The standard InChI is InChI=1S/C15H16BrNO2/c1-18-14-4-2-3-13(11-16)15(14)19-10-7-12-5-8-17-9-6-12/h2-6,8-9H,7,10-11H2,1H3. The molecule has 0 spiro atoms. The number of ether oxygens (including phenoxy) is 2. The largest absolute Gasteiger partial charge is 0.493 e. The van der Waals surface area contributed by atoms with E-state index in [4.69, 9.17) is 9.47 Å². The third-order valence-corrected chi connectivity index (χ3v) is 3.41. The van der Waals surface area contributed by atoms with E-state index in [0.29, 0.717) is 6.61 Å². The van der Waals surface area contributed by atoms with E-state index in [9.17, 15) is 0 Å². The van der Waals surface area contributed by atoms with Gasteiger partial charge in [0.15, 0.2) is 11.5 Å². The van der Waals surface area contributed by atoms with E-state index in [-0.39, 0.29) is 0 Å². The molecule has 0 saturated carbocycles. The van der Waals surface area contributed by atoms with Gasteiger partial charge >= 0.3 is 0 Å². The molecule has 0 unspecified atom stereocenters. The SMILES string of the molecule is COc1cccc(CBr)c1OCCc1ccncc1. The molecule has 1 heterocycles. The predicted molar refractivity (Wildman–Crippen MR) is 79.1 cm³/mol. The van der Waals surface area contributed by atoms with Crippen LogP contribution in [-0.4, -0.2) is 18.7 Å². The molecule has 0 radical (unpaired) electrons. The zero-order valence-corrected chi connectivity index (χ0v) is 12.4. The molecule has 2 rings (SSSR count). The van der Waals surface area contributed by atoms with Crippen LogP contribution in [0.25, 0.3) is 0 Å². The average molecular weight is 322 g/mol. The van der Waals surface area contributed by atoms with E-state index in [0.717, 1.165) is 28.8 Å². The molecule has 0 N–H and O–H groups in total. The van der Waals surface area contributed by atoms with Crippen LogP contribution >= 0.6 is 15.9 Å². The van der Waals surface area contributed by atoms with Crippen LogP contribution in [0.2, 0.25) is 0 Å². The number of nitrogens with zero attached hydrogens (tertiary/aromatic N) is 1. The number of para-hydroxylation sites is 1. The van der Waals surface area contributed by atoms with Crippen molar-refractivity contribution in [2.75, 3.05) is 13.7 Å². The Kier molecular flexibility index (Phi) is 5.21. The highest BCUT2D eigenvalue weighted by Gasteiger charge is 2.09. The first-order chi connectivity index (χ1) is 9.35. The molecule has 4 heteroatoms. The Morgan fingerprint density at radius 3 is 2.63 bits per heavy atom. The van der Waals surface area contributed by atoms with E-state index in [1.54, 1.807) is 19.5 Å². The number of hydrogen-bond acceptors (Lipinski definition) is 3. The Balaban J connectivity index is 2.02. The smallest absolute Gasteiger partial charge is 0.165 e. The fourth-order valence-corrected chi connectivity index (χ4v) is 2.25. The van der Waals surface area contributed by atoms with Gasteiger partial charge in [0, 0.05) is 29.7 Å². The van der Waals surface area contributed by atoms with Crippen LogP contribution in [0.15, 0.2) is 42.7 Å². The molecule has 0 aliphatic carbocycles. The maximum atomic E-state index is 5.88. The van der Waals surface area contributed by atoms with Crippen molar-refractivity contribution in [1.29, 1.82) is 0 Å². The molecule has 0 bridgehead atoms. The minimum atomic E-state index is 0.615. The Morgan fingerprint density at radius 1 is 1.16 bits per heavy atom. The molecule has 0 fully saturated rings. The lowest BCUT2D eigenvalue weighted by Crippen LogP contribution is -2.04. The summed E-state index contributed by atoms with van der Waals surface area (Å²) in [5.41, 5.74) is 2.30. The first kappa shape index (κ1) is 13.9. The van der Waals surface area contributed by atoms with Gasteiger partial charge in [0.2, 0.25) is 0 Å². The molecule has 2 aromatic rings. The van der Waals surface area contributed by atoms with Gasteiger partial charge in [-0.05, 0) is 23.8 Å². The summed E-state index contributed by atoms with van der Waals surface area (Å²) in [6.45, 7) is 0.615. The van der Waals surface area contributed by atoms with E-state index >= 15 is 0 Å². The molecule has 3 nitrogen and oxygen atoms in total. The predicted octanol–water partition coefficient (Wildman–Crippen LogP) is 3.61. The number of pyridine rings is 1. The van der Waals surface area contributed by atoms with Gasteiger partial charge in [-0.2, -0.15) is 0 Å². The third-order valence-electron chi connectivity index (χ3n) is 2.81. The lowest BCUT2D eigenvalue weighted by molar-refractivity contribution is 0.295. The fourth-order valence-electron chi connectivity index (χ4n) is 1.81. The molecular weight excluding hydrogens is 306 g/mol. The average Bonchev–Trinajstić information content (AvgIpc) is 2.48. The summed E-state index contributed by atoms with van der Waals surface area (Å²) in [7, 11) is 1.66. The zero-order chi connectivity index (χ0) is 13.5. The van der Waals surface area contributed by atoms with Crippen molar-refractivity contribution in [3.63, 3.8) is 0 Å². The summed E-state index contributed by atoms with van der Waals surface area (Å²) >= 11 is 3.46. The minimum Gasteiger partial charge on any atom is -0.493 e. The van der Waals surface area contributed by atoms with Gasteiger partial charge in [-0.1, -0.05) is 28.1 Å². The minimum absolute atomic E-state index is 0.615. The number of aromatic nitrogens is 1. The molecule has 100 valence electrons. The summed E-state index contributed by atoms with van der Waals surface area (Å²) in [5, 5.41) is 0.745. The molecule has 0 aliphatic heterocycles. The van der Waals surface area contributed by atoms with Crippen LogP contribution < -0.4 is 9.47 Å². The maximum Gasteiger partial charge on any atom is 0.165 e. The molecule has 19 heavy (non-hydrogen) atoms. The second-order valence-electron chi connectivity index (χ2n) is 4.04. The van der Waals surface area contributed by atoms with Gasteiger partial charge in [0.05, 0.1) is 13.7 Å². The van der Waals surface area contributed by atoms with Crippen molar-refractivity contribution in [3.05, 3.63) is 53.9 Å². The molecular formula is C15H16BrNO2. The quantitative estimate of drug-likeness (QED) is 0.762. The number of benzene rings is 1. The fraction of sp³-hybridized carbons (Fsp3) is 0.267. The van der Waals surface area contributed by atoms with Gasteiger partial charge < -0.3 is 9.47 Å². The van der Waals surface area contributed by atoms with Crippen LogP contribution in [0.1, 0.15) is 11.1 Å². The Morgan fingerprint density at radius 2 is 1.95 bits per heavy atom. The van der Waals surface area contributed by atoms with Gasteiger partial charge in [0.1, 0.15) is 0 Å². The molecule has 1 aromatic heterocycles. The van der Waals surface area contributed by atoms with E-state index in [2.05, 4.69) is 20.9 Å². The van der Waals surface area contributed by atoms with E-state index < -0.39 is 0 Å². The van der Waals surface area contributed by atoms with Crippen LogP contribution in [0.4, 0.5) is 0 Å². The maximum absolute atomic E-state index is 5.88. The first-order valence-corrected chi connectivity index (χ1v) is 7.21. The summed E-state index contributed by atoms with van der Waals surface area (Å²) in [5.74, 6) is 1.59. The number of rotatable bonds is 6. The molecule has 0 amide bonds. The molecule has 0 saturated heterocycles. The van der Waals surface area contributed by atoms with Crippen molar-refractivity contribution < 1.29 is 9.47 Å². The van der Waals surface area contributed by atoms with E-state index in [1.807, 2.05) is 30.3 Å². The van der Waals surface area contributed by atoms with Gasteiger partial charge in [-0.3, -0.25) is 4.98 Å². The summed E-state index contributed by atoms with van der Waals surface area (Å²) in [6, 6.07) is 9.89. The Hall–Kier alpha value is -1.55. The van der Waals surface area contributed by atoms with Crippen molar-refractivity contribution in [1.82, 2.24) is 4.98 Å². The number of methoxy groups -OCH3 is 1. The van der Waals surface area contributed by atoms with Crippen molar-refractivity contribution in [2.45, 2.75) is 11.8 Å². The summed E-state index contributed by atoms with van der Waals surface area (Å²) in [4.78, 5) is 4.00. The number of halogens is 1. The first-order valence-electron chi connectivity index (χ1n) is 6.08. The van der Waals surface area contributed by atoms with Gasteiger partial charge in [0.25, 0.3) is 0 Å². The summed E-state index contributed by atoms with van der Waals surface area (Å²) < 4.78 is 11.2. The van der Waals surface area contributed by atoms with Crippen LogP contribution in [0.3, 0.4) is 0 Å². The van der Waals surface area contributed by atoms with Gasteiger partial charge in [-0.25, -0.2) is 0 Å². The molecule has 0 atom stereocenters. The number of alkyl halides is 1. The van der Waals surface area contributed by atoms with E-state index in [1.165, 1.54) is 5.56 Å². The van der Waals surface area contributed by atoms with Gasteiger partial charge in [-0.15, -0.1) is 0 Å². The second kappa shape index (κ2) is 7.14. The summed E-state index contributed by atoms with van der Waals surface area (Å²) in [6.07, 6.45) is 4.44. The molecule has 1 aromatic carbocycles.